The molecule has 2 fully saturated rings. The van der Waals surface area contributed by atoms with Crippen LogP contribution in [-0.4, -0.2) is 53.6 Å². The Kier molecular flexibility index (Phi) is 5.61. The fourth-order valence-corrected chi connectivity index (χ4v) is 5.43. The Morgan fingerprint density at radius 2 is 1.26 bits per heavy atom. The van der Waals surface area contributed by atoms with Gasteiger partial charge in [0.05, 0.1) is 32.0 Å². The van der Waals surface area contributed by atoms with Crippen LogP contribution in [0.15, 0.2) is 48.5 Å². The van der Waals surface area contributed by atoms with Gasteiger partial charge in [-0.05, 0) is 37.6 Å². The third-order valence-corrected chi connectivity index (χ3v) is 7.22. The first-order valence-corrected chi connectivity index (χ1v) is 11.1. The van der Waals surface area contributed by atoms with Crippen LogP contribution in [0, 0.1) is 10.8 Å². The zero-order valence-electron chi connectivity index (χ0n) is 17.5. The number of ketones is 1. The van der Waals surface area contributed by atoms with E-state index in [2.05, 4.69) is 0 Å². The topological polar surface area (TPSA) is 57.7 Å². The van der Waals surface area contributed by atoms with Gasteiger partial charge in [0.25, 0.3) is 11.8 Å². The quantitative estimate of drug-likeness (QED) is 0.676. The molecule has 2 aliphatic heterocycles. The van der Waals surface area contributed by atoms with E-state index in [9.17, 15) is 14.4 Å². The number of carbonyl (C=O) groups excluding carboxylic acids is 3. The van der Waals surface area contributed by atoms with Crippen molar-refractivity contribution in [3.8, 4) is 0 Å². The average Bonchev–Trinajstić information content (AvgIpc) is 2.75. The van der Waals surface area contributed by atoms with Crippen LogP contribution < -0.4 is 0 Å². The maximum Gasteiger partial charge on any atom is 0.255 e. The largest absolute Gasteiger partial charge is 0.336 e. The van der Waals surface area contributed by atoms with Crippen molar-refractivity contribution in [3.05, 3.63) is 69.7 Å². The van der Waals surface area contributed by atoms with Crippen molar-refractivity contribution in [1.29, 1.82) is 0 Å². The first-order valence-electron chi connectivity index (χ1n) is 10.3. The second kappa shape index (κ2) is 7.95. The number of rotatable bonds is 3. The van der Waals surface area contributed by atoms with Gasteiger partial charge in [-0.25, -0.2) is 0 Å². The summed E-state index contributed by atoms with van der Waals surface area (Å²) in [5.41, 5.74) is -0.828. The number of nitrogens with zero attached hydrogens (tertiary/aromatic N) is 2. The minimum Gasteiger partial charge on any atom is -0.336 e. The number of Topliss-reactive ketones (excluding diaryl/α,β-unsaturated/α-hetero) is 1. The van der Waals surface area contributed by atoms with Gasteiger partial charge in [0.15, 0.2) is 5.78 Å². The van der Waals surface area contributed by atoms with Crippen LogP contribution in [0.2, 0.25) is 10.0 Å². The Labute approximate surface area is 191 Å². The van der Waals surface area contributed by atoms with E-state index in [-0.39, 0.29) is 43.8 Å². The molecule has 5 nitrogen and oxygen atoms in total. The van der Waals surface area contributed by atoms with E-state index in [0.717, 1.165) is 0 Å². The fourth-order valence-electron chi connectivity index (χ4n) is 4.99. The second-order valence-corrected chi connectivity index (χ2v) is 9.62. The lowest BCUT2D eigenvalue weighted by molar-refractivity contribution is -0.155. The molecule has 2 heterocycles. The lowest BCUT2D eigenvalue weighted by atomic mass is 9.62. The molecule has 0 saturated carbocycles. The summed E-state index contributed by atoms with van der Waals surface area (Å²) in [6, 6.07) is 13.9. The summed E-state index contributed by atoms with van der Waals surface area (Å²) >= 11 is 12.5. The van der Waals surface area contributed by atoms with Crippen LogP contribution in [0.4, 0.5) is 0 Å². The molecule has 0 atom stereocenters. The van der Waals surface area contributed by atoms with E-state index in [4.69, 9.17) is 23.2 Å². The van der Waals surface area contributed by atoms with E-state index in [1.54, 1.807) is 58.3 Å². The van der Waals surface area contributed by atoms with Gasteiger partial charge in [0, 0.05) is 26.2 Å². The Balaban J connectivity index is 1.67. The van der Waals surface area contributed by atoms with Crippen molar-refractivity contribution in [2.45, 2.75) is 20.3 Å². The lowest BCUT2D eigenvalue weighted by Crippen LogP contribution is -2.70. The highest BCUT2D eigenvalue weighted by molar-refractivity contribution is 6.34. The van der Waals surface area contributed by atoms with E-state index < -0.39 is 10.8 Å². The van der Waals surface area contributed by atoms with Gasteiger partial charge in [-0.1, -0.05) is 54.4 Å². The summed E-state index contributed by atoms with van der Waals surface area (Å²) in [7, 11) is 0. The summed E-state index contributed by atoms with van der Waals surface area (Å²) in [5, 5.41) is 0.779. The standard InChI is InChI=1S/C24H24Cl2N2O3/c1-3-24-14-27(20(29)16-8-4-6-10-18(16)25)12-23(2,22(24)31)13-28(15-24)21(30)17-9-5-7-11-19(17)26/h4-11H,3,12-15H2,1-2H3. The van der Waals surface area contributed by atoms with Crippen molar-refractivity contribution in [3.63, 3.8) is 0 Å². The number of piperidine rings is 2. The molecule has 2 aromatic carbocycles. The predicted octanol–water partition coefficient (Wildman–Crippen LogP) is 4.58. The average molecular weight is 459 g/mol. The highest BCUT2D eigenvalue weighted by Gasteiger charge is 2.58. The van der Waals surface area contributed by atoms with Crippen LogP contribution in [0.25, 0.3) is 0 Å². The highest BCUT2D eigenvalue weighted by atomic mass is 35.5. The molecule has 0 aliphatic carbocycles. The van der Waals surface area contributed by atoms with Gasteiger partial charge in [0.1, 0.15) is 0 Å². The monoisotopic (exact) mass is 458 g/mol. The molecule has 31 heavy (non-hydrogen) atoms. The zero-order valence-corrected chi connectivity index (χ0v) is 19.0. The number of fused-ring (bicyclic) bond motifs is 2. The lowest BCUT2D eigenvalue weighted by Gasteiger charge is -2.56. The molecule has 0 radical (unpaired) electrons. The molecule has 0 N–H and O–H groups in total. The number of benzene rings is 2. The number of hydrogen-bond donors (Lipinski definition) is 0. The Hall–Kier alpha value is -2.37. The van der Waals surface area contributed by atoms with E-state index in [0.29, 0.717) is 27.6 Å². The molecule has 2 aromatic rings. The van der Waals surface area contributed by atoms with E-state index in [1.165, 1.54) is 0 Å². The normalized spacial score (nSPS) is 25.5. The molecule has 2 bridgehead atoms. The van der Waals surface area contributed by atoms with Crippen molar-refractivity contribution in [2.75, 3.05) is 26.2 Å². The molecule has 2 aliphatic rings. The highest BCUT2D eigenvalue weighted by Crippen LogP contribution is 2.45. The van der Waals surface area contributed by atoms with Crippen LogP contribution in [0.5, 0.6) is 0 Å². The number of carbonyl (C=O) groups is 3. The molecule has 4 rings (SSSR count). The van der Waals surface area contributed by atoms with Crippen LogP contribution >= 0.6 is 23.2 Å². The third kappa shape index (κ3) is 3.64. The molecular formula is C24H24Cl2N2O3. The van der Waals surface area contributed by atoms with Gasteiger partial charge in [-0.2, -0.15) is 0 Å². The van der Waals surface area contributed by atoms with Crippen molar-refractivity contribution >= 4 is 40.8 Å². The summed E-state index contributed by atoms with van der Waals surface area (Å²) in [5.74, 6) is -0.255. The first-order chi connectivity index (χ1) is 14.7. The maximum atomic E-state index is 13.5. The van der Waals surface area contributed by atoms with Gasteiger partial charge in [0.2, 0.25) is 0 Å². The van der Waals surface area contributed by atoms with Crippen LogP contribution in [-0.2, 0) is 4.79 Å². The summed E-state index contributed by atoms with van der Waals surface area (Å²) in [6.45, 7) is 4.78. The smallest absolute Gasteiger partial charge is 0.255 e. The molecule has 2 saturated heterocycles. The molecule has 7 heteroatoms. The Bertz CT molecular complexity index is 999. The van der Waals surface area contributed by atoms with Crippen molar-refractivity contribution in [1.82, 2.24) is 9.80 Å². The third-order valence-electron chi connectivity index (χ3n) is 6.56. The van der Waals surface area contributed by atoms with Gasteiger partial charge >= 0.3 is 0 Å². The summed E-state index contributed by atoms with van der Waals surface area (Å²) in [4.78, 5) is 43.5. The summed E-state index contributed by atoms with van der Waals surface area (Å²) in [6.07, 6.45) is 0.528. The molecule has 0 spiro atoms. The molecule has 162 valence electrons. The molecular weight excluding hydrogens is 435 g/mol. The van der Waals surface area contributed by atoms with Crippen molar-refractivity contribution in [2.24, 2.45) is 10.8 Å². The van der Waals surface area contributed by atoms with Crippen LogP contribution in [0.1, 0.15) is 41.0 Å². The predicted molar refractivity (Wildman–Crippen MR) is 121 cm³/mol. The van der Waals surface area contributed by atoms with Crippen molar-refractivity contribution < 1.29 is 14.4 Å². The second-order valence-electron chi connectivity index (χ2n) is 8.81. The van der Waals surface area contributed by atoms with Gasteiger partial charge < -0.3 is 9.80 Å². The van der Waals surface area contributed by atoms with Gasteiger partial charge in [-0.15, -0.1) is 0 Å². The Morgan fingerprint density at radius 3 is 1.65 bits per heavy atom. The number of halogens is 2. The number of likely N-dealkylation sites (tertiary alicyclic amines) is 2. The minimum absolute atomic E-state index is 0.119. The van der Waals surface area contributed by atoms with E-state index in [1.807, 2.05) is 13.8 Å². The SMILES string of the molecule is CCC12CN(C(=O)c3ccccc3Cl)CC(C)(CN(C(=O)c3ccccc3Cl)C1)C2=O. The first kappa shape index (κ1) is 21.8. The molecule has 0 unspecified atom stereocenters. The maximum absolute atomic E-state index is 13.5. The minimum atomic E-state index is -0.861. The molecule has 0 aromatic heterocycles. The van der Waals surface area contributed by atoms with Gasteiger partial charge in [-0.3, -0.25) is 14.4 Å². The van der Waals surface area contributed by atoms with E-state index >= 15 is 0 Å². The fraction of sp³-hybridized carbons (Fsp3) is 0.375. The Morgan fingerprint density at radius 1 is 0.839 bits per heavy atom. The molecule has 2 amide bonds. The number of hydrogen-bond acceptors (Lipinski definition) is 3. The number of amides is 2. The zero-order chi connectivity index (χ0) is 22.4. The van der Waals surface area contributed by atoms with Crippen LogP contribution in [0.3, 0.4) is 0 Å². The summed E-state index contributed by atoms with van der Waals surface area (Å²) < 4.78 is 0.